The Morgan fingerprint density at radius 2 is 2.67 bits per heavy atom. The zero-order valence-corrected chi connectivity index (χ0v) is 6.05. The van der Waals surface area contributed by atoms with E-state index in [1.54, 1.807) is 6.07 Å². The molecule has 3 nitrogen and oxygen atoms in total. The average Bonchev–Trinajstić information content (AvgIpc) is 2.34. The highest BCUT2D eigenvalue weighted by Crippen LogP contribution is 2.05. The molecule has 0 saturated heterocycles. The second-order valence-electron chi connectivity index (χ2n) is 1.38. The van der Waals surface area contributed by atoms with Crippen molar-refractivity contribution in [3.05, 3.63) is 17.8 Å². The number of hydrogen-bond donors (Lipinski definition) is 0. The van der Waals surface area contributed by atoms with Crippen molar-refractivity contribution < 1.29 is 4.42 Å². The van der Waals surface area contributed by atoms with E-state index in [9.17, 15) is 0 Å². The summed E-state index contributed by atoms with van der Waals surface area (Å²) < 4.78 is 4.86. The largest absolute Gasteiger partial charge is 0.433 e. The quantitative estimate of drug-likeness (QED) is 0.625. The Kier molecular flexibility index (Phi) is 1.85. The molecule has 0 atom stereocenters. The molecule has 0 fully saturated rings. The molecule has 1 heterocycles. The minimum absolute atomic E-state index is 0.115. The van der Waals surface area contributed by atoms with Gasteiger partial charge in [-0.1, -0.05) is 15.9 Å². The lowest BCUT2D eigenvalue weighted by Gasteiger charge is -1.77. The Morgan fingerprint density at radius 3 is 3.00 bits per heavy atom. The molecule has 0 amide bonds. The molecular formula is C5H3BrN2O. The molecule has 4 heteroatoms. The van der Waals surface area contributed by atoms with Gasteiger partial charge in [-0.2, -0.15) is 5.26 Å². The van der Waals surface area contributed by atoms with Crippen LogP contribution in [0.3, 0.4) is 0 Å². The van der Waals surface area contributed by atoms with E-state index in [1.807, 2.05) is 0 Å². The summed E-state index contributed by atoms with van der Waals surface area (Å²) in [6, 6.07) is 1.78. The fourth-order valence-electron chi connectivity index (χ4n) is 0.421. The fraction of sp³-hybridized carbons (Fsp3) is 0.200. The van der Waals surface area contributed by atoms with Gasteiger partial charge in [0.1, 0.15) is 5.76 Å². The smallest absolute Gasteiger partial charge is 0.300 e. The Labute approximate surface area is 60.4 Å². The predicted molar refractivity (Wildman–Crippen MR) is 33.8 cm³/mol. The van der Waals surface area contributed by atoms with E-state index in [1.165, 1.54) is 6.20 Å². The van der Waals surface area contributed by atoms with Crippen LogP contribution in [0.1, 0.15) is 11.7 Å². The first-order valence-corrected chi connectivity index (χ1v) is 3.39. The van der Waals surface area contributed by atoms with Crippen LogP contribution in [0.15, 0.2) is 10.6 Å². The zero-order valence-electron chi connectivity index (χ0n) is 4.47. The van der Waals surface area contributed by atoms with E-state index in [0.29, 0.717) is 11.1 Å². The number of nitriles is 1. The summed E-state index contributed by atoms with van der Waals surface area (Å²) in [7, 11) is 0. The van der Waals surface area contributed by atoms with Crippen molar-refractivity contribution in [1.29, 1.82) is 5.26 Å². The van der Waals surface area contributed by atoms with E-state index < -0.39 is 0 Å². The Morgan fingerprint density at radius 1 is 1.89 bits per heavy atom. The van der Waals surface area contributed by atoms with Crippen LogP contribution in [-0.4, -0.2) is 4.98 Å². The third kappa shape index (κ3) is 1.30. The summed E-state index contributed by atoms with van der Waals surface area (Å²) >= 11 is 3.16. The first-order valence-electron chi connectivity index (χ1n) is 2.27. The van der Waals surface area contributed by atoms with Gasteiger partial charge in [-0.25, -0.2) is 4.98 Å². The van der Waals surface area contributed by atoms with Crippen LogP contribution in [0.4, 0.5) is 0 Å². The molecule has 0 aliphatic heterocycles. The van der Waals surface area contributed by atoms with Crippen molar-refractivity contribution in [2.75, 3.05) is 0 Å². The van der Waals surface area contributed by atoms with Gasteiger partial charge in [-0.15, -0.1) is 0 Å². The minimum Gasteiger partial charge on any atom is -0.433 e. The lowest BCUT2D eigenvalue weighted by molar-refractivity contribution is 0.510. The number of rotatable bonds is 1. The molecular weight excluding hydrogens is 184 g/mol. The first-order chi connectivity index (χ1) is 4.36. The monoisotopic (exact) mass is 186 g/mol. The van der Waals surface area contributed by atoms with Crippen molar-refractivity contribution in [2.45, 2.75) is 5.33 Å². The number of aromatic nitrogens is 1. The van der Waals surface area contributed by atoms with Crippen LogP contribution in [0.25, 0.3) is 0 Å². The SMILES string of the molecule is N#Cc1ncc(CBr)o1. The van der Waals surface area contributed by atoms with Crippen molar-refractivity contribution in [3.63, 3.8) is 0 Å². The molecule has 1 aromatic heterocycles. The highest BCUT2D eigenvalue weighted by atomic mass is 79.9. The van der Waals surface area contributed by atoms with Crippen LogP contribution in [0.5, 0.6) is 0 Å². The zero-order chi connectivity index (χ0) is 6.69. The summed E-state index contributed by atoms with van der Waals surface area (Å²) in [5.41, 5.74) is 0. The summed E-state index contributed by atoms with van der Waals surface area (Å²) in [5.74, 6) is 0.788. The van der Waals surface area contributed by atoms with Gasteiger partial charge in [0.25, 0.3) is 0 Å². The Bertz CT molecular complexity index is 237. The number of oxazole rings is 1. The molecule has 0 aliphatic rings. The van der Waals surface area contributed by atoms with Crippen molar-refractivity contribution >= 4 is 15.9 Å². The molecule has 0 unspecified atom stereocenters. The van der Waals surface area contributed by atoms with Gasteiger partial charge >= 0.3 is 5.89 Å². The molecule has 1 rings (SSSR count). The van der Waals surface area contributed by atoms with Crippen LogP contribution < -0.4 is 0 Å². The first kappa shape index (κ1) is 6.30. The predicted octanol–water partition coefficient (Wildman–Crippen LogP) is 1.44. The average molecular weight is 187 g/mol. The van der Waals surface area contributed by atoms with Crippen LogP contribution in [-0.2, 0) is 5.33 Å². The maximum atomic E-state index is 8.22. The minimum atomic E-state index is 0.115. The topological polar surface area (TPSA) is 49.8 Å². The Balaban J connectivity index is 2.90. The van der Waals surface area contributed by atoms with E-state index in [2.05, 4.69) is 20.9 Å². The lowest BCUT2D eigenvalue weighted by atomic mass is 10.6. The molecule has 9 heavy (non-hydrogen) atoms. The number of hydrogen-bond acceptors (Lipinski definition) is 3. The summed E-state index contributed by atoms with van der Waals surface area (Å²) in [5, 5.41) is 8.82. The summed E-state index contributed by atoms with van der Waals surface area (Å²) in [6.45, 7) is 0. The van der Waals surface area contributed by atoms with Crippen LogP contribution >= 0.6 is 15.9 Å². The van der Waals surface area contributed by atoms with Gasteiger partial charge in [0, 0.05) is 0 Å². The second kappa shape index (κ2) is 2.65. The van der Waals surface area contributed by atoms with Crippen molar-refractivity contribution in [3.8, 4) is 6.07 Å². The normalized spacial score (nSPS) is 8.89. The van der Waals surface area contributed by atoms with E-state index in [0.717, 1.165) is 0 Å². The van der Waals surface area contributed by atoms with Crippen molar-refractivity contribution in [2.24, 2.45) is 0 Å². The van der Waals surface area contributed by atoms with Gasteiger partial charge in [0.05, 0.1) is 11.5 Å². The fourth-order valence-corrected chi connectivity index (χ4v) is 0.680. The van der Waals surface area contributed by atoms with Crippen LogP contribution in [0.2, 0.25) is 0 Å². The second-order valence-corrected chi connectivity index (χ2v) is 1.94. The summed E-state index contributed by atoms with van der Waals surface area (Å²) in [4.78, 5) is 3.65. The number of halogens is 1. The Hall–Kier alpha value is -0.820. The maximum absolute atomic E-state index is 8.22. The van der Waals surface area contributed by atoms with E-state index in [4.69, 9.17) is 9.68 Å². The third-order valence-electron chi connectivity index (χ3n) is 0.781. The molecule has 46 valence electrons. The lowest BCUT2D eigenvalue weighted by Crippen LogP contribution is -1.65. The molecule has 0 spiro atoms. The van der Waals surface area contributed by atoms with Gasteiger partial charge in [-0.3, -0.25) is 0 Å². The maximum Gasteiger partial charge on any atom is 0.300 e. The molecule has 0 N–H and O–H groups in total. The molecule has 0 aromatic carbocycles. The number of alkyl halides is 1. The molecule has 0 saturated carbocycles. The van der Waals surface area contributed by atoms with Gasteiger partial charge in [0.2, 0.25) is 0 Å². The van der Waals surface area contributed by atoms with Crippen molar-refractivity contribution in [1.82, 2.24) is 4.98 Å². The van der Waals surface area contributed by atoms with E-state index >= 15 is 0 Å². The summed E-state index contributed by atoms with van der Waals surface area (Å²) in [6.07, 6.45) is 1.52. The third-order valence-corrected chi connectivity index (χ3v) is 1.33. The molecule has 1 aromatic rings. The molecule has 0 radical (unpaired) electrons. The molecule has 0 bridgehead atoms. The van der Waals surface area contributed by atoms with Crippen LogP contribution in [0, 0.1) is 11.3 Å². The van der Waals surface area contributed by atoms with Gasteiger partial charge in [-0.05, 0) is 0 Å². The van der Waals surface area contributed by atoms with Gasteiger partial charge < -0.3 is 4.42 Å². The van der Waals surface area contributed by atoms with E-state index in [-0.39, 0.29) is 5.89 Å². The van der Waals surface area contributed by atoms with Gasteiger partial charge in [0.15, 0.2) is 6.07 Å². The number of nitrogens with zero attached hydrogens (tertiary/aromatic N) is 2. The molecule has 0 aliphatic carbocycles. The highest BCUT2D eigenvalue weighted by Gasteiger charge is 1.98. The standard InChI is InChI=1S/C5H3BrN2O/c6-1-4-3-8-5(2-7)9-4/h3H,1H2. The highest BCUT2D eigenvalue weighted by molar-refractivity contribution is 9.08.